The summed E-state index contributed by atoms with van der Waals surface area (Å²) >= 11 is 0. The third kappa shape index (κ3) is 3.29. The second-order valence-corrected chi connectivity index (χ2v) is 9.85. The van der Waals surface area contributed by atoms with Crippen LogP contribution in [0.2, 0.25) is 0 Å². The lowest BCUT2D eigenvalue weighted by Gasteiger charge is -2.48. The summed E-state index contributed by atoms with van der Waals surface area (Å²) in [4.78, 5) is 13.4. The predicted molar refractivity (Wildman–Crippen MR) is 119 cm³/mol. The monoisotopic (exact) mass is 448 g/mol. The van der Waals surface area contributed by atoms with Gasteiger partial charge in [0, 0.05) is 18.5 Å². The number of sulfonamides is 1. The number of carbonyl (C=O) groups is 1. The summed E-state index contributed by atoms with van der Waals surface area (Å²) in [5.41, 5.74) is 3.59. The lowest BCUT2D eigenvalue weighted by atomic mass is 9.80. The highest BCUT2D eigenvalue weighted by molar-refractivity contribution is 7.89. The van der Waals surface area contributed by atoms with Crippen molar-refractivity contribution in [3.05, 3.63) is 107 Å². The Labute approximate surface area is 186 Å². The molecule has 0 N–H and O–H groups in total. The van der Waals surface area contributed by atoms with Crippen LogP contribution >= 0.6 is 0 Å². The Hall–Kier alpha value is -3.45. The lowest BCUT2D eigenvalue weighted by Crippen LogP contribution is -2.55. The van der Waals surface area contributed by atoms with Gasteiger partial charge in [-0.15, -0.1) is 4.41 Å². The Morgan fingerprint density at radius 1 is 0.938 bits per heavy atom. The number of hydrogen-bond acceptors (Lipinski definition) is 4. The van der Waals surface area contributed by atoms with Crippen molar-refractivity contribution in [3.8, 4) is 0 Å². The van der Waals surface area contributed by atoms with Crippen molar-refractivity contribution < 1.29 is 17.6 Å². The zero-order chi connectivity index (χ0) is 22.5. The van der Waals surface area contributed by atoms with E-state index >= 15 is 0 Å². The van der Waals surface area contributed by atoms with Crippen LogP contribution in [0.4, 0.5) is 4.39 Å². The molecule has 162 valence electrons. The summed E-state index contributed by atoms with van der Waals surface area (Å²) in [6, 6.07) is 19.8. The van der Waals surface area contributed by atoms with Gasteiger partial charge in [-0.2, -0.15) is 8.42 Å². The van der Waals surface area contributed by atoms with Gasteiger partial charge in [0.15, 0.2) is 0 Å². The summed E-state index contributed by atoms with van der Waals surface area (Å²) in [6.45, 7) is 1.87. The van der Waals surface area contributed by atoms with Gasteiger partial charge in [-0.05, 0) is 54.0 Å². The van der Waals surface area contributed by atoms with Crippen LogP contribution in [0, 0.1) is 12.7 Å². The summed E-state index contributed by atoms with van der Waals surface area (Å²) in [5, 5.41) is 1.51. The van der Waals surface area contributed by atoms with E-state index in [0.717, 1.165) is 26.7 Å². The van der Waals surface area contributed by atoms with Crippen LogP contribution in [0.15, 0.2) is 83.9 Å². The molecule has 1 unspecified atom stereocenters. The van der Waals surface area contributed by atoms with E-state index < -0.39 is 22.0 Å². The minimum absolute atomic E-state index is 0.0138. The number of fused-ring (bicyclic) bond motifs is 3. The molecular formula is C25H21FN2O3S. The summed E-state index contributed by atoms with van der Waals surface area (Å²) < 4.78 is 41.5. The second-order valence-electron chi connectivity index (χ2n) is 8.09. The maximum Gasteiger partial charge on any atom is 0.284 e. The molecular weight excluding hydrogens is 427 g/mol. The zero-order valence-electron chi connectivity index (χ0n) is 17.4. The number of aryl methyl sites for hydroxylation is 1. The van der Waals surface area contributed by atoms with Crippen molar-refractivity contribution in [3.63, 3.8) is 0 Å². The molecule has 1 amide bonds. The molecule has 0 aliphatic carbocycles. The molecule has 0 bridgehead atoms. The molecule has 2 aliphatic rings. The fourth-order valence-corrected chi connectivity index (χ4v) is 5.91. The van der Waals surface area contributed by atoms with Crippen LogP contribution in [0.25, 0.3) is 6.08 Å². The Morgan fingerprint density at radius 2 is 1.62 bits per heavy atom. The first-order valence-corrected chi connectivity index (χ1v) is 11.8. The summed E-state index contributed by atoms with van der Waals surface area (Å²) in [5.74, 6) is -1.22. The molecule has 32 heavy (non-hydrogen) atoms. The van der Waals surface area contributed by atoms with Gasteiger partial charge in [0.05, 0.1) is 10.9 Å². The highest BCUT2D eigenvalue weighted by atomic mass is 32.2. The molecule has 1 fully saturated rings. The number of nitrogens with zero attached hydrogens (tertiary/aromatic N) is 2. The average molecular weight is 449 g/mol. The minimum atomic E-state index is -4.11. The third-order valence-electron chi connectivity index (χ3n) is 6.05. The maximum atomic E-state index is 13.6. The number of rotatable bonds is 3. The highest BCUT2D eigenvalue weighted by Gasteiger charge is 2.47. The normalized spacial score (nSPS) is 20.1. The molecule has 5 nitrogen and oxygen atoms in total. The lowest BCUT2D eigenvalue weighted by molar-refractivity contribution is -0.144. The fourth-order valence-electron chi connectivity index (χ4n) is 4.48. The summed E-state index contributed by atoms with van der Waals surface area (Å²) in [6.07, 6.45) is 3.44. The number of amides is 1. The van der Waals surface area contributed by atoms with E-state index in [1.54, 1.807) is 30.5 Å². The molecule has 3 aromatic rings. The first-order chi connectivity index (χ1) is 15.4. The van der Waals surface area contributed by atoms with Crippen LogP contribution in [0.3, 0.4) is 0 Å². The Balaban J connectivity index is 1.65. The molecule has 0 spiro atoms. The largest absolute Gasteiger partial charge is 0.284 e. The van der Waals surface area contributed by atoms with Gasteiger partial charge in [0.1, 0.15) is 5.82 Å². The van der Waals surface area contributed by atoms with E-state index in [-0.39, 0.29) is 23.1 Å². The topological polar surface area (TPSA) is 57.7 Å². The molecule has 1 saturated heterocycles. The van der Waals surface area contributed by atoms with Gasteiger partial charge in [0.2, 0.25) is 0 Å². The number of hydrazine groups is 1. The van der Waals surface area contributed by atoms with Gasteiger partial charge >= 0.3 is 0 Å². The van der Waals surface area contributed by atoms with E-state index in [1.165, 1.54) is 29.3 Å². The van der Waals surface area contributed by atoms with Gasteiger partial charge in [-0.3, -0.25) is 9.80 Å². The predicted octanol–water partition coefficient (Wildman–Crippen LogP) is 4.78. The van der Waals surface area contributed by atoms with E-state index in [2.05, 4.69) is 0 Å². The quantitative estimate of drug-likeness (QED) is 0.579. The fraction of sp³-hybridized carbons (Fsp3) is 0.160. The standard InChI is InChI=1S/C25H21FN2O3S/c1-17-6-12-21(13-7-17)32(30,31)28-24(29)16-23(19-8-10-20(26)11-9-19)25-22-5-3-2-4-18(22)14-15-27(25)28/h2-15,23,25H,16H2,1H3/t23-,25?/m1/s1. The number of benzene rings is 3. The first-order valence-electron chi connectivity index (χ1n) is 10.3. The van der Waals surface area contributed by atoms with Crippen molar-refractivity contribution in [2.75, 3.05) is 0 Å². The number of hydrogen-bond donors (Lipinski definition) is 0. The van der Waals surface area contributed by atoms with Crippen molar-refractivity contribution in [2.24, 2.45) is 0 Å². The van der Waals surface area contributed by atoms with Crippen LogP contribution in [-0.2, 0) is 14.8 Å². The van der Waals surface area contributed by atoms with E-state index in [9.17, 15) is 17.6 Å². The minimum Gasteiger partial charge on any atom is -0.272 e. The smallest absolute Gasteiger partial charge is 0.272 e. The second kappa shape index (κ2) is 7.60. The highest BCUT2D eigenvalue weighted by Crippen LogP contribution is 2.47. The van der Waals surface area contributed by atoms with Crippen LogP contribution < -0.4 is 0 Å². The van der Waals surface area contributed by atoms with Crippen molar-refractivity contribution in [1.29, 1.82) is 0 Å². The van der Waals surface area contributed by atoms with Gasteiger partial charge in [-0.25, -0.2) is 4.39 Å². The molecule has 0 radical (unpaired) electrons. The van der Waals surface area contributed by atoms with Gasteiger partial charge in [-0.1, -0.05) is 54.1 Å². The third-order valence-corrected chi connectivity index (χ3v) is 7.77. The zero-order valence-corrected chi connectivity index (χ0v) is 18.2. The molecule has 0 aromatic heterocycles. The first kappa shape index (κ1) is 20.5. The van der Waals surface area contributed by atoms with E-state index in [4.69, 9.17) is 0 Å². The van der Waals surface area contributed by atoms with Gasteiger partial charge in [0.25, 0.3) is 15.9 Å². The van der Waals surface area contributed by atoms with Crippen LogP contribution in [0.1, 0.15) is 40.6 Å². The SMILES string of the molecule is Cc1ccc(S(=O)(=O)N2C(=O)C[C@H](c3ccc(F)cc3)C3c4ccccc4C=CN32)cc1. The Morgan fingerprint density at radius 3 is 2.34 bits per heavy atom. The van der Waals surface area contributed by atoms with Crippen molar-refractivity contribution in [2.45, 2.75) is 30.2 Å². The number of carbonyl (C=O) groups excluding carboxylic acids is 1. The molecule has 7 heteroatoms. The Bertz CT molecular complexity index is 1320. The average Bonchev–Trinajstić information content (AvgIpc) is 2.79. The van der Waals surface area contributed by atoms with Crippen LogP contribution in [-0.4, -0.2) is 23.7 Å². The summed E-state index contributed by atoms with van der Waals surface area (Å²) in [7, 11) is -4.11. The van der Waals surface area contributed by atoms with Crippen molar-refractivity contribution in [1.82, 2.24) is 9.42 Å². The molecule has 0 saturated carbocycles. The molecule has 2 aliphatic heterocycles. The number of halogens is 1. The van der Waals surface area contributed by atoms with E-state index in [0.29, 0.717) is 0 Å². The van der Waals surface area contributed by atoms with Crippen LogP contribution in [0.5, 0.6) is 0 Å². The molecule has 5 rings (SSSR count). The maximum absolute atomic E-state index is 13.6. The van der Waals surface area contributed by atoms with Crippen molar-refractivity contribution >= 4 is 22.0 Å². The Kier molecular flexibility index (Phi) is 4.86. The molecule has 3 aromatic carbocycles. The van der Waals surface area contributed by atoms with Gasteiger partial charge < -0.3 is 0 Å². The molecule has 2 atom stereocenters. The molecule has 2 heterocycles. The van der Waals surface area contributed by atoms with E-state index in [1.807, 2.05) is 37.3 Å².